The van der Waals surface area contributed by atoms with Crippen molar-refractivity contribution in [1.29, 1.82) is 0 Å². The highest BCUT2D eigenvalue weighted by Crippen LogP contribution is 2.13. The molecule has 0 fully saturated rings. The fraction of sp³-hybridized carbons (Fsp3) is 0.300. The highest BCUT2D eigenvalue weighted by molar-refractivity contribution is 9.10. The number of benzene rings is 2. The second-order valence-corrected chi connectivity index (χ2v) is 7.16. The number of hydrogen-bond donors (Lipinski definition) is 1. The van der Waals surface area contributed by atoms with Gasteiger partial charge in [-0.2, -0.15) is 0 Å². The van der Waals surface area contributed by atoms with E-state index in [1.54, 1.807) is 12.1 Å². The Morgan fingerprint density at radius 2 is 1.72 bits per heavy atom. The molecule has 0 unspecified atom stereocenters. The van der Waals surface area contributed by atoms with Crippen LogP contribution >= 0.6 is 15.9 Å². The predicted molar refractivity (Wildman–Crippen MR) is 101 cm³/mol. The fourth-order valence-corrected chi connectivity index (χ4v) is 2.63. The number of halogens is 1. The maximum absolute atomic E-state index is 12.5. The smallest absolute Gasteiger partial charge is 0.329 e. The monoisotopic (exact) mass is 403 g/mol. The topological polar surface area (TPSA) is 55.4 Å². The number of nitrogens with one attached hydrogen (secondary N) is 1. The first-order valence-electron chi connectivity index (χ1n) is 8.16. The van der Waals surface area contributed by atoms with Gasteiger partial charge in [0.15, 0.2) is 0 Å². The van der Waals surface area contributed by atoms with Crippen LogP contribution in [0.5, 0.6) is 0 Å². The Labute approximate surface area is 156 Å². The van der Waals surface area contributed by atoms with Crippen molar-refractivity contribution in [3.05, 3.63) is 69.7 Å². The molecule has 5 heteroatoms. The average Bonchev–Trinajstić information content (AvgIpc) is 2.58. The zero-order valence-electron chi connectivity index (χ0n) is 14.6. The summed E-state index contributed by atoms with van der Waals surface area (Å²) in [4.78, 5) is 24.9. The van der Waals surface area contributed by atoms with Gasteiger partial charge in [0.1, 0.15) is 12.6 Å². The largest absolute Gasteiger partial charge is 0.459 e. The number of aryl methyl sites for hydroxylation is 1. The summed E-state index contributed by atoms with van der Waals surface area (Å²) >= 11 is 3.37. The second kappa shape index (κ2) is 8.81. The Balaban J connectivity index is 2.01. The Kier molecular flexibility index (Phi) is 6.76. The quantitative estimate of drug-likeness (QED) is 0.733. The van der Waals surface area contributed by atoms with Gasteiger partial charge in [-0.1, -0.05) is 60.1 Å². The van der Waals surface area contributed by atoms with Crippen LogP contribution in [0, 0.1) is 12.8 Å². The van der Waals surface area contributed by atoms with E-state index in [4.69, 9.17) is 4.74 Å². The van der Waals surface area contributed by atoms with Gasteiger partial charge in [-0.25, -0.2) is 4.79 Å². The van der Waals surface area contributed by atoms with Crippen LogP contribution in [0.15, 0.2) is 53.0 Å². The summed E-state index contributed by atoms with van der Waals surface area (Å²) in [6.07, 6.45) is 0. The summed E-state index contributed by atoms with van der Waals surface area (Å²) in [5.41, 5.74) is 2.32. The first-order valence-corrected chi connectivity index (χ1v) is 8.95. The molecule has 1 N–H and O–H groups in total. The van der Waals surface area contributed by atoms with E-state index in [2.05, 4.69) is 21.2 Å². The molecule has 0 heterocycles. The molecule has 2 rings (SSSR count). The van der Waals surface area contributed by atoms with Crippen molar-refractivity contribution in [1.82, 2.24) is 5.32 Å². The summed E-state index contributed by atoms with van der Waals surface area (Å²) in [5, 5.41) is 2.80. The predicted octanol–water partition coefficient (Wildman–Crippen LogP) is 4.26. The maximum Gasteiger partial charge on any atom is 0.329 e. The van der Waals surface area contributed by atoms with E-state index in [0.29, 0.717) is 5.56 Å². The lowest BCUT2D eigenvalue weighted by Gasteiger charge is -2.21. The highest BCUT2D eigenvalue weighted by atomic mass is 79.9. The Bertz CT molecular complexity index is 741. The Morgan fingerprint density at radius 3 is 2.32 bits per heavy atom. The van der Waals surface area contributed by atoms with E-state index in [1.807, 2.05) is 57.2 Å². The molecule has 1 amide bonds. The van der Waals surface area contributed by atoms with E-state index in [-0.39, 0.29) is 18.4 Å². The van der Waals surface area contributed by atoms with Crippen molar-refractivity contribution < 1.29 is 14.3 Å². The molecule has 2 aromatic carbocycles. The van der Waals surface area contributed by atoms with Crippen molar-refractivity contribution in [2.24, 2.45) is 5.92 Å². The minimum Gasteiger partial charge on any atom is -0.459 e. The van der Waals surface area contributed by atoms with Gasteiger partial charge in [-0.3, -0.25) is 4.79 Å². The lowest BCUT2D eigenvalue weighted by Crippen LogP contribution is -2.45. The van der Waals surface area contributed by atoms with Crippen LogP contribution < -0.4 is 5.32 Å². The molecule has 0 aliphatic carbocycles. The number of rotatable bonds is 6. The molecule has 4 nitrogen and oxygen atoms in total. The van der Waals surface area contributed by atoms with Crippen molar-refractivity contribution >= 4 is 27.8 Å². The van der Waals surface area contributed by atoms with E-state index in [1.165, 1.54) is 0 Å². The van der Waals surface area contributed by atoms with Gasteiger partial charge < -0.3 is 10.1 Å². The average molecular weight is 404 g/mol. The molecule has 0 aromatic heterocycles. The molecule has 0 radical (unpaired) electrons. The molecular formula is C20H22BrNO3. The zero-order chi connectivity index (χ0) is 18.4. The van der Waals surface area contributed by atoms with E-state index >= 15 is 0 Å². The molecule has 25 heavy (non-hydrogen) atoms. The zero-order valence-corrected chi connectivity index (χ0v) is 16.2. The van der Waals surface area contributed by atoms with Crippen LogP contribution in [-0.2, 0) is 16.1 Å². The van der Waals surface area contributed by atoms with Gasteiger partial charge in [0.2, 0.25) is 0 Å². The minimum absolute atomic E-state index is 0.0783. The van der Waals surface area contributed by atoms with Crippen LogP contribution in [-0.4, -0.2) is 17.9 Å². The first-order chi connectivity index (χ1) is 11.9. The van der Waals surface area contributed by atoms with Crippen molar-refractivity contribution in [3.63, 3.8) is 0 Å². The SMILES string of the molecule is Cc1ccccc1C(=O)N[C@H](C(=O)OCc1ccc(Br)cc1)C(C)C. The summed E-state index contributed by atoms with van der Waals surface area (Å²) in [6, 6.07) is 14.1. The third kappa shape index (κ3) is 5.43. The third-order valence-electron chi connectivity index (χ3n) is 3.89. The molecular weight excluding hydrogens is 382 g/mol. The fourth-order valence-electron chi connectivity index (χ4n) is 2.37. The molecule has 0 bridgehead atoms. The number of esters is 1. The second-order valence-electron chi connectivity index (χ2n) is 6.24. The lowest BCUT2D eigenvalue weighted by atomic mass is 10.0. The highest BCUT2D eigenvalue weighted by Gasteiger charge is 2.26. The van der Waals surface area contributed by atoms with Crippen LogP contribution in [0.25, 0.3) is 0 Å². The van der Waals surface area contributed by atoms with Crippen LogP contribution in [0.3, 0.4) is 0 Å². The Hall–Kier alpha value is -2.14. The normalized spacial score (nSPS) is 11.9. The van der Waals surface area contributed by atoms with Crippen molar-refractivity contribution in [2.45, 2.75) is 33.4 Å². The molecule has 2 aromatic rings. The third-order valence-corrected chi connectivity index (χ3v) is 4.42. The van der Waals surface area contributed by atoms with Gasteiger partial charge in [0, 0.05) is 10.0 Å². The van der Waals surface area contributed by atoms with Crippen LogP contribution in [0.1, 0.15) is 35.3 Å². The first kappa shape index (κ1) is 19.2. The molecule has 0 aliphatic rings. The van der Waals surface area contributed by atoms with E-state index < -0.39 is 12.0 Å². The van der Waals surface area contributed by atoms with Crippen molar-refractivity contribution in [3.8, 4) is 0 Å². The molecule has 0 aliphatic heterocycles. The molecule has 1 atom stereocenters. The van der Waals surface area contributed by atoms with Gasteiger partial charge in [0.25, 0.3) is 5.91 Å². The number of hydrogen-bond acceptors (Lipinski definition) is 3. The summed E-state index contributed by atoms with van der Waals surface area (Å²) < 4.78 is 6.36. The number of amides is 1. The van der Waals surface area contributed by atoms with Gasteiger partial charge in [0.05, 0.1) is 0 Å². The molecule has 0 saturated carbocycles. The molecule has 132 valence electrons. The van der Waals surface area contributed by atoms with E-state index in [9.17, 15) is 9.59 Å². The van der Waals surface area contributed by atoms with E-state index in [0.717, 1.165) is 15.6 Å². The Morgan fingerprint density at radius 1 is 1.08 bits per heavy atom. The van der Waals surface area contributed by atoms with Gasteiger partial charge in [-0.15, -0.1) is 0 Å². The van der Waals surface area contributed by atoms with Gasteiger partial charge in [-0.05, 0) is 42.2 Å². The van der Waals surface area contributed by atoms with Gasteiger partial charge >= 0.3 is 5.97 Å². The summed E-state index contributed by atoms with van der Waals surface area (Å²) in [7, 11) is 0. The lowest BCUT2D eigenvalue weighted by molar-refractivity contribution is -0.148. The summed E-state index contributed by atoms with van der Waals surface area (Å²) in [5.74, 6) is -0.775. The number of ether oxygens (including phenoxy) is 1. The van der Waals surface area contributed by atoms with Crippen LogP contribution in [0.2, 0.25) is 0 Å². The summed E-state index contributed by atoms with van der Waals surface area (Å²) in [6.45, 7) is 5.80. The number of carbonyl (C=O) groups excluding carboxylic acids is 2. The minimum atomic E-state index is -0.692. The number of carbonyl (C=O) groups is 2. The van der Waals surface area contributed by atoms with Crippen molar-refractivity contribution in [2.75, 3.05) is 0 Å². The molecule has 0 saturated heterocycles. The molecule has 0 spiro atoms. The maximum atomic E-state index is 12.5. The van der Waals surface area contributed by atoms with Crippen LogP contribution in [0.4, 0.5) is 0 Å². The standard InChI is InChI=1S/C20H22BrNO3/c1-13(2)18(22-19(23)17-7-5-4-6-14(17)3)20(24)25-12-15-8-10-16(21)11-9-15/h4-11,13,18H,12H2,1-3H3,(H,22,23)/t18-/m0/s1.